The number of alkyl halides is 3. The summed E-state index contributed by atoms with van der Waals surface area (Å²) in [6.45, 7) is 7.26. The molecule has 1 aromatic heterocycles. The number of likely N-dealkylation sites (tertiary alicyclic amines) is 1. The number of piperazine rings is 1. The molecule has 2 aliphatic heterocycles. The van der Waals surface area contributed by atoms with Gasteiger partial charge in [0.2, 0.25) is 0 Å². The third kappa shape index (κ3) is 7.44. The van der Waals surface area contributed by atoms with Gasteiger partial charge in [0.1, 0.15) is 18.0 Å². The number of nitrogens with zero attached hydrogens (tertiary/aromatic N) is 7. The number of hydrogen-bond donors (Lipinski definition) is 1. The average molecular weight is 651 g/mol. The first-order chi connectivity index (χ1) is 22.2. The Hall–Kier alpha value is -4.82. The number of carbonyl (C=O) groups excluding carboxylic acids is 1. The molecule has 0 saturated carbocycles. The lowest BCUT2D eigenvalue weighted by Gasteiger charge is -2.41. The number of halogens is 3. The zero-order chi connectivity index (χ0) is 34.1. The SMILES string of the molecule is CN1CCC[C@H]1COc1nc(N2CCN(C(=O)OC(C)(C)C)[C@@H](CC#N)C2)c2cc(C#N)c(-c3cc(N)ccc3C(F)(F)F)cc2n1. The molecular weight excluding hydrogens is 613 g/mol. The summed E-state index contributed by atoms with van der Waals surface area (Å²) in [5.74, 6) is 0.378. The van der Waals surface area contributed by atoms with Gasteiger partial charge in [-0.1, -0.05) is 0 Å². The number of rotatable bonds is 6. The molecular formula is C33H37F3N8O3. The van der Waals surface area contributed by atoms with Gasteiger partial charge in [0.25, 0.3) is 0 Å². The zero-order valence-corrected chi connectivity index (χ0v) is 26.8. The number of likely N-dealkylation sites (N-methyl/N-ethyl adjacent to an activating group) is 1. The molecule has 11 nitrogen and oxygen atoms in total. The highest BCUT2D eigenvalue weighted by molar-refractivity contribution is 5.96. The van der Waals surface area contributed by atoms with E-state index in [1.165, 1.54) is 29.2 Å². The molecule has 0 spiro atoms. The molecule has 3 aromatic rings. The average Bonchev–Trinajstić information content (AvgIpc) is 3.41. The summed E-state index contributed by atoms with van der Waals surface area (Å²) in [6, 6.07) is 9.98. The minimum absolute atomic E-state index is 0.0165. The Balaban J connectivity index is 1.61. The Kier molecular flexibility index (Phi) is 9.36. The highest BCUT2D eigenvalue weighted by Crippen LogP contribution is 2.41. The molecule has 2 aromatic carbocycles. The lowest BCUT2D eigenvalue weighted by atomic mass is 9.93. The van der Waals surface area contributed by atoms with Crippen LogP contribution in [0.3, 0.4) is 0 Å². The Bertz CT molecular complexity index is 1740. The van der Waals surface area contributed by atoms with Crippen LogP contribution in [0.5, 0.6) is 6.01 Å². The highest BCUT2D eigenvalue weighted by atomic mass is 19.4. The predicted octanol–water partition coefficient (Wildman–Crippen LogP) is 5.58. The minimum atomic E-state index is -4.70. The van der Waals surface area contributed by atoms with Gasteiger partial charge in [-0.15, -0.1) is 0 Å². The van der Waals surface area contributed by atoms with Crippen LogP contribution in [0.25, 0.3) is 22.0 Å². The van der Waals surface area contributed by atoms with E-state index in [2.05, 4.69) is 16.0 Å². The topological polar surface area (TPSA) is 145 Å². The fraction of sp³-hybridized carbons (Fsp3) is 0.485. The van der Waals surface area contributed by atoms with E-state index in [0.717, 1.165) is 25.5 Å². The monoisotopic (exact) mass is 650 g/mol. The van der Waals surface area contributed by atoms with Gasteiger partial charge in [-0.3, -0.25) is 0 Å². The maximum absolute atomic E-state index is 14.1. The molecule has 0 bridgehead atoms. The van der Waals surface area contributed by atoms with Crippen molar-refractivity contribution in [3.63, 3.8) is 0 Å². The summed E-state index contributed by atoms with van der Waals surface area (Å²) in [7, 11) is 2.01. The predicted molar refractivity (Wildman–Crippen MR) is 169 cm³/mol. The van der Waals surface area contributed by atoms with Crippen LogP contribution in [0.15, 0.2) is 30.3 Å². The quantitative estimate of drug-likeness (QED) is 0.336. The smallest absolute Gasteiger partial charge is 0.417 e. The first kappa shape index (κ1) is 33.5. The number of anilines is 2. The van der Waals surface area contributed by atoms with Crippen LogP contribution in [-0.2, 0) is 10.9 Å². The Morgan fingerprint density at radius 3 is 2.47 bits per heavy atom. The van der Waals surface area contributed by atoms with E-state index in [1.54, 1.807) is 20.8 Å². The Morgan fingerprint density at radius 1 is 1.06 bits per heavy atom. The maximum Gasteiger partial charge on any atom is 0.417 e. The number of nitrogen functional groups attached to an aromatic ring is 1. The van der Waals surface area contributed by atoms with Crippen LogP contribution in [0, 0.1) is 22.7 Å². The number of amides is 1. The molecule has 47 heavy (non-hydrogen) atoms. The standard InChI is InChI=1S/C33H37F3N8O3/c1-32(2,3)47-31(45)44-13-12-43(18-22(44)9-10-37)29-26-14-20(17-38)24(25-15-21(39)7-8-27(25)33(34,35)36)16-28(26)40-30(41-29)46-19-23-6-5-11-42(23)4/h7-8,14-16,22-23H,5-6,9,11-13,18-19,39H2,1-4H3/t22-,23-/m0/s1. The van der Waals surface area contributed by atoms with E-state index in [1.807, 2.05) is 18.0 Å². The van der Waals surface area contributed by atoms with Crippen molar-refractivity contribution < 1.29 is 27.4 Å². The van der Waals surface area contributed by atoms with Gasteiger partial charge in [-0.2, -0.15) is 33.7 Å². The summed E-state index contributed by atoms with van der Waals surface area (Å²) in [5, 5.41) is 20.2. The summed E-state index contributed by atoms with van der Waals surface area (Å²) in [4.78, 5) is 27.9. The van der Waals surface area contributed by atoms with Gasteiger partial charge in [-0.05, 0) is 83.1 Å². The molecule has 5 rings (SSSR count). The lowest BCUT2D eigenvalue weighted by Crippen LogP contribution is -2.56. The fourth-order valence-electron chi connectivity index (χ4n) is 6.04. The second kappa shape index (κ2) is 13.1. The molecule has 0 unspecified atom stereocenters. The molecule has 14 heteroatoms. The molecule has 2 fully saturated rings. The Labute approximate surface area is 271 Å². The number of nitriles is 2. The summed E-state index contributed by atoms with van der Waals surface area (Å²) in [5.41, 5.74) is 4.36. The van der Waals surface area contributed by atoms with Gasteiger partial charge in [0.05, 0.1) is 41.2 Å². The summed E-state index contributed by atoms with van der Waals surface area (Å²) < 4.78 is 54.0. The number of benzene rings is 2. The summed E-state index contributed by atoms with van der Waals surface area (Å²) >= 11 is 0. The van der Waals surface area contributed by atoms with Crippen LogP contribution in [-0.4, -0.2) is 83.4 Å². The number of ether oxygens (including phenoxy) is 2. The molecule has 2 atom stereocenters. The van der Waals surface area contributed by atoms with E-state index in [0.29, 0.717) is 24.4 Å². The van der Waals surface area contributed by atoms with Crippen molar-refractivity contribution in [1.29, 1.82) is 10.5 Å². The van der Waals surface area contributed by atoms with E-state index in [4.69, 9.17) is 20.2 Å². The molecule has 2 N–H and O–H groups in total. The van der Waals surface area contributed by atoms with Gasteiger partial charge in [-0.25, -0.2) is 4.79 Å². The van der Waals surface area contributed by atoms with Crippen molar-refractivity contribution in [2.24, 2.45) is 0 Å². The van der Waals surface area contributed by atoms with Gasteiger partial charge >= 0.3 is 18.3 Å². The van der Waals surface area contributed by atoms with Crippen LogP contribution in [0.2, 0.25) is 0 Å². The Morgan fingerprint density at radius 2 is 1.83 bits per heavy atom. The van der Waals surface area contributed by atoms with Crippen molar-refractivity contribution in [3.05, 3.63) is 41.5 Å². The number of hydrogen-bond acceptors (Lipinski definition) is 10. The van der Waals surface area contributed by atoms with Gasteiger partial charge in [0, 0.05) is 42.3 Å². The maximum atomic E-state index is 14.1. The third-order valence-corrected chi connectivity index (χ3v) is 8.37. The lowest BCUT2D eigenvalue weighted by molar-refractivity contribution is -0.137. The normalized spacial score (nSPS) is 19.0. The van der Waals surface area contributed by atoms with E-state index in [9.17, 15) is 28.5 Å². The first-order valence-corrected chi connectivity index (χ1v) is 15.4. The van der Waals surface area contributed by atoms with Crippen LogP contribution in [0.4, 0.5) is 29.5 Å². The van der Waals surface area contributed by atoms with E-state index >= 15 is 0 Å². The second-order valence-corrected chi connectivity index (χ2v) is 12.9. The molecule has 2 saturated heterocycles. The van der Waals surface area contributed by atoms with Crippen LogP contribution in [0.1, 0.15) is 51.2 Å². The molecule has 2 aliphatic rings. The summed E-state index contributed by atoms with van der Waals surface area (Å²) in [6.07, 6.45) is -3.25. The van der Waals surface area contributed by atoms with Gasteiger partial charge in [0.15, 0.2) is 0 Å². The number of carbonyl (C=O) groups is 1. The van der Waals surface area contributed by atoms with Crippen molar-refractivity contribution >= 4 is 28.5 Å². The number of nitrogens with two attached hydrogens (primary N) is 1. The molecule has 0 aliphatic carbocycles. The minimum Gasteiger partial charge on any atom is -0.462 e. The van der Waals surface area contributed by atoms with Crippen molar-refractivity contribution in [2.75, 3.05) is 50.5 Å². The van der Waals surface area contributed by atoms with Crippen molar-refractivity contribution in [2.45, 2.75) is 63.9 Å². The molecule has 1 amide bonds. The van der Waals surface area contributed by atoms with Gasteiger partial charge < -0.3 is 29.9 Å². The fourth-order valence-corrected chi connectivity index (χ4v) is 6.04. The largest absolute Gasteiger partial charge is 0.462 e. The van der Waals surface area contributed by atoms with E-state index < -0.39 is 29.5 Å². The van der Waals surface area contributed by atoms with Crippen molar-refractivity contribution in [3.8, 4) is 29.3 Å². The van der Waals surface area contributed by atoms with Crippen LogP contribution < -0.4 is 15.4 Å². The van der Waals surface area contributed by atoms with Crippen molar-refractivity contribution in [1.82, 2.24) is 19.8 Å². The molecule has 0 radical (unpaired) electrons. The zero-order valence-electron chi connectivity index (χ0n) is 26.8. The van der Waals surface area contributed by atoms with E-state index in [-0.39, 0.29) is 59.5 Å². The first-order valence-electron chi connectivity index (χ1n) is 15.4. The van der Waals surface area contributed by atoms with Crippen LogP contribution >= 0.6 is 0 Å². The third-order valence-electron chi connectivity index (χ3n) is 8.37. The second-order valence-electron chi connectivity index (χ2n) is 12.9. The number of fused-ring (bicyclic) bond motifs is 1. The highest BCUT2D eigenvalue weighted by Gasteiger charge is 2.36. The number of aromatic nitrogens is 2. The molecule has 248 valence electrons. The molecule has 3 heterocycles.